The molecule has 63 heavy (non-hydrogen) atoms. The maximum atomic E-state index is 5.36. The minimum absolute atomic E-state index is 0.955. The van der Waals surface area contributed by atoms with Crippen molar-refractivity contribution in [2.75, 3.05) is 0 Å². The Bertz CT molecular complexity index is 3120. The summed E-state index contributed by atoms with van der Waals surface area (Å²) >= 11 is 1.75. The number of nitrogens with zero attached hydrogens (tertiary/aromatic N) is 3. The molecule has 0 N–H and O–H groups in total. The van der Waals surface area contributed by atoms with E-state index in [-0.39, 0.29) is 0 Å². The van der Waals surface area contributed by atoms with Crippen LogP contribution in [0.1, 0.15) is 0 Å². The summed E-state index contributed by atoms with van der Waals surface area (Å²) in [6.45, 7) is 0. The van der Waals surface area contributed by atoms with Gasteiger partial charge in [0.05, 0.1) is 33.0 Å². The summed E-state index contributed by atoms with van der Waals surface area (Å²) in [5.74, 6) is 0. The van der Waals surface area contributed by atoms with Crippen molar-refractivity contribution in [2.24, 2.45) is 0 Å². The van der Waals surface area contributed by atoms with Crippen molar-refractivity contribution in [1.29, 1.82) is 0 Å². The molecule has 0 spiro atoms. The Morgan fingerprint density at radius 3 is 1.00 bits per heavy atom. The molecule has 0 saturated heterocycles. The number of fused-ring (bicyclic) bond motifs is 1. The minimum atomic E-state index is 0.955. The van der Waals surface area contributed by atoms with E-state index in [2.05, 4.69) is 212 Å². The first-order chi connectivity index (χ1) is 31.2. The number of aromatic nitrogens is 3. The van der Waals surface area contributed by atoms with Crippen LogP contribution in [0.15, 0.2) is 237 Å². The van der Waals surface area contributed by atoms with E-state index in [0.717, 1.165) is 110 Å². The van der Waals surface area contributed by atoms with Crippen molar-refractivity contribution in [1.82, 2.24) is 15.0 Å². The van der Waals surface area contributed by atoms with Gasteiger partial charge in [-0.25, -0.2) is 15.0 Å². The van der Waals surface area contributed by atoms with Crippen LogP contribution in [0.4, 0.5) is 0 Å². The molecule has 11 rings (SSSR count). The zero-order chi connectivity index (χ0) is 42.0. The van der Waals surface area contributed by atoms with Crippen LogP contribution in [0.2, 0.25) is 0 Å². The molecule has 0 aliphatic rings. The van der Waals surface area contributed by atoms with Crippen molar-refractivity contribution in [2.45, 2.75) is 0 Å². The van der Waals surface area contributed by atoms with Crippen molar-refractivity contribution in [3.63, 3.8) is 0 Å². The molecule has 11 aromatic rings. The summed E-state index contributed by atoms with van der Waals surface area (Å²) < 4.78 is 1.16. The van der Waals surface area contributed by atoms with E-state index in [1.807, 2.05) is 24.3 Å². The number of rotatable bonds is 9. The first-order valence-corrected chi connectivity index (χ1v) is 22.0. The van der Waals surface area contributed by atoms with E-state index in [9.17, 15) is 0 Å². The highest BCUT2D eigenvalue weighted by Crippen LogP contribution is 2.43. The fourth-order valence-electron chi connectivity index (χ4n) is 8.39. The molecule has 0 aliphatic carbocycles. The van der Waals surface area contributed by atoms with Crippen molar-refractivity contribution >= 4 is 21.6 Å². The summed E-state index contributed by atoms with van der Waals surface area (Å²) in [4.78, 5) is 15.8. The predicted octanol–water partition coefficient (Wildman–Crippen LogP) is 16.1. The lowest BCUT2D eigenvalue weighted by Crippen LogP contribution is -1.93. The molecule has 0 atom stereocenters. The molecule has 8 aromatic carbocycles. The van der Waals surface area contributed by atoms with Gasteiger partial charge >= 0.3 is 0 Å². The maximum absolute atomic E-state index is 5.36. The van der Waals surface area contributed by atoms with Gasteiger partial charge in [-0.2, -0.15) is 0 Å². The van der Waals surface area contributed by atoms with Crippen LogP contribution in [0.5, 0.6) is 0 Å². The maximum Gasteiger partial charge on any atom is 0.124 e. The van der Waals surface area contributed by atoms with Crippen LogP contribution < -0.4 is 0 Å². The monoisotopic (exact) mass is 821 g/mol. The summed E-state index contributed by atoms with van der Waals surface area (Å²) in [6, 6.07) is 83.2. The average molecular weight is 822 g/mol. The molecule has 296 valence electrons. The molecule has 0 saturated carbocycles. The summed E-state index contributed by atoms with van der Waals surface area (Å²) in [5, 5.41) is 1.00. The number of benzene rings is 8. The zero-order valence-corrected chi connectivity index (χ0v) is 35.1. The van der Waals surface area contributed by atoms with Gasteiger partial charge in [0.15, 0.2) is 0 Å². The van der Waals surface area contributed by atoms with E-state index in [1.54, 1.807) is 11.3 Å². The molecular formula is C59H39N3S. The van der Waals surface area contributed by atoms with Gasteiger partial charge in [-0.05, 0) is 34.4 Å². The Hall–Kier alpha value is -8.05. The minimum Gasteiger partial charge on any atom is -0.247 e. The highest BCUT2D eigenvalue weighted by Gasteiger charge is 2.19. The Balaban J connectivity index is 0.975. The highest BCUT2D eigenvalue weighted by molar-refractivity contribution is 7.22. The molecule has 0 fully saturated rings. The Labute approximate surface area is 371 Å². The van der Waals surface area contributed by atoms with Gasteiger partial charge in [-0.1, -0.05) is 224 Å². The van der Waals surface area contributed by atoms with Gasteiger partial charge in [-0.3, -0.25) is 0 Å². The zero-order valence-electron chi connectivity index (χ0n) is 34.3. The molecular weight excluding hydrogens is 783 g/mol. The summed E-state index contributed by atoms with van der Waals surface area (Å²) in [7, 11) is 0. The lowest BCUT2D eigenvalue weighted by atomic mass is 9.94. The summed E-state index contributed by atoms with van der Waals surface area (Å²) in [6.07, 6.45) is 0. The predicted molar refractivity (Wildman–Crippen MR) is 264 cm³/mol. The largest absolute Gasteiger partial charge is 0.247 e. The fourth-order valence-corrected chi connectivity index (χ4v) is 9.52. The molecule has 0 aliphatic heterocycles. The second-order valence-corrected chi connectivity index (χ2v) is 16.5. The van der Waals surface area contributed by atoms with E-state index in [0.29, 0.717) is 0 Å². The number of hydrogen-bond acceptors (Lipinski definition) is 4. The van der Waals surface area contributed by atoms with Crippen LogP contribution in [0.25, 0.3) is 110 Å². The third kappa shape index (κ3) is 7.54. The van der Waals surface area contributed by atoms with Crippen LogP contribution in [-0.2, 0) is 0 Å². The van der Waals surface area contributed by atoms with Gasteiger partial charge in [-0.15, -0.1) is 11.3 Å². The normalized spacial score (nSPS) is 11.2. The first kappa shape index (κ1) is 37.9. The quantitative estimate of drug-likeness (QED) is 0.146. The van der Waals surface area contributed by atoms with Crippen LogP contribution in [0, 0.1) is 0 Å². The Morgan fingerprint density at radius 2 is 0.571 bits per heavy atom. The van der Waals surface area contributed by atoms with Crippen LogP contribution in [-0.4, -0.2) is 15.0 Å². The van der Waals surface area contributed by atoms with Gasteiger partial charge in [0, 0.05) is 50.1 Å². The second kappa shape index (κ2) is 16.8. The third-order valence-electron chi connectivity index (χ3n) is 11.6. The van der Waals surface area contributed by atoms with Gasteiger partial charge in [0.25, 0.3) is 0 Å². The topological polar surface area (TPSA) is 38.7 Å². The Morgan fingerprint density at radius 1 is 0.238 bits per heavy atom. The van der Waals surface area contributed by atoms with Gasteiger partial charge in [0.1, 0.15) is 5.01 Å². The van der Waals surface area contributed by atoms with Crippen molar-refractivity contribution in [3.8, 4) is 100 Å². The van der Waals surface area contributed by atoms with Gasteiger partial charge < -0.3 is 0 Å². The molecule has 3 nitrogen and oxygen atoms in total. The number of pyridine rings is 2. The van der Waals surface area contributed by atoms with Crippen molar-refractivity contribution in [3.05, 3.63) is 237 Å². The summed E-state index contributed by atoms with van der Waals surface area (Å²) in [5.41, 5.74) is 19.3. The molecule has 0 bridgehead atoms. The first-order valence-electron chi connectivity index (χ1n) is 21.2. The molecule has 3 heterocycles. The third-order valence-corrected chi connectivity index (χ3v) is 12.7. The number of hydrogen-bond donors (Lipinski definition) is 0. The van der Waals surface area contributed by atoms with Crippen molar-refractivity contribution < 1.29 is 0 Å². The molecule has 0 unspecified atom stereocenters. The number of thiazole rings is 1. The van der Waals surface area contributed by atoms with E-state index in [4.69, 9.17) is 15.0 Å². The molecule has 0 amide bonds. The Kier molecular flexibility index (Phi) is 10.1. The average Bonchev–Trinajstić information content (AvgIpc) is 3.83. The van der Waals surface area contributed by atoms with E-state index >= 15 is 0 Å². The van der Waals surface area contributed by atoms with Crippen LogP contribution >= 0.6 is 11.3 Å². The fraction of sp³-hybridized carbons (Fsp3) is 0. The molecule has 3 aromatic heterocycles. The molecule has 4 heteroatoms. The highest BCUT2D eigenvalue weighted by atomic mass is 32.1. The SMILES string of the molecule is c1ccc(-c2ccc(-c3ccc(-c4ccc(-c5ccc(-c6ccc(-c7ccccc7)nc6-c6ccccc6)cc5)c5sc(-c6ccccc6)nc45)cc3)c(-c3ccccc3)n2)cc1. The van der Waals surface area contributed by atoms with E-state index in [1.165, 1.54) is 0 Å². The molecule has 0 radical (unpaired) electrons. The lowest BCUT2D eigenvalue weighted by molar-refractivity contribution is 1.32. The van der Waals surface area contributed by atoms with E-state index < -0.39 is 0 Å². The smallest absolute Gasteiger partial charge is 0.124 e. The standard InChI is InChI=1S/C59H39N3S/c1-6-16-44(17-7-1)53-38-36-49(55(60-53)46-20-10-3-11-21-46)40-26-28-42(29-27-40)51-34-35-52(58-57(51)62-59(63-58)48-24-14-5-15-25-48)43-32-30-41(31-33-43)50-37-39-54(45-18-8-2-9-19-45)61-56(50)47-22-12-4-13-23-47/h1-39H. The second-order valence-electron chi connectivity index (χ2n) is 15.5. The van der Waals surface area contributed by atoms with Crippen LogP contribution in [0.3, 0.4) is 0 Å². The lowest BCUT2D eigenvalue weighted by Gasteiger charge is -2.14. The van der Waals surface area contributed by atoms with Gasteiger partial charge in [0.2, 0.25) is 0 Å².